The van der Waals surface area contributed by atoms with Gasteiger partial charge in [-0.2, -0.15) is 0 Å². The van der Waals surface area contributed by atoms with Crippen LogP contribution >= 0.6 is 0 Å². The lowest BCUT2D eigenvalue weighted by atomic mass is 10.0. The number of piperidine rings is 1. The van der Waals surface area contributed by atoms with Gasteiger partial charge in [0.2, 0.25) is 0 Å². The van der Waals surface area contributed by atoms with Gasteiger partial charge in [0.05, 0.1) is 19.8 Å². The summed E-state index contributed by atoms with van der Waals surface area (Å²) in [5.41, 5.74) is 3.63. The van der Waals surface area contributed by atoms with Crippen LogP contribution in [-0.4, -0.2) is 35.5 Å². The lowest BCUT2D eigenvalue weighted by molar-refractivity contribution is -0.268. The molecule has 1 aliphatic rings. The minimum Gasteiger partial charge on any atom is -0.444 e. The maximum absolute atomic E-state index is 12.8. The highest BCUT2D eigenvalue weighted by atomic mass is 16.7. The molecule has 33 heavy (non-hydrogen) atoms. The van der Waals surface area contributed by atoms with Crippen LogP contribution in [-0.2, 0) is 27.4 Å². The Balaban J connectivity index is 1.75. The van der Waals surface area contributed by atoms with E-state index in [0.717, 1.165) is 28.7 Å². The third-order valence-corrected chi connectivity index (χ3v) is 5.50. The summed E-state index contributed by atoms with van der Waals surface area (Å²) in [5.74, 6) is -0.913. The summed E-state index contributed by atoms with van der Waals surface area (Å²) in [6.07, 6.45) is 4.75. The Kier molecular flexibility index (Phi) is 8.11. The maximum atomic E-state index is 12.8. The zero-order valence-electron chi connectivity index (χ0n) is 20.0. The average molecular weight is 450 g/mol. The van der Waals surface area contributed by atoms with Crippen LogP contribution in [0.15, 0.2) is 61.7 Å². The Morgan fingerprint density at radius 2 is 1.42 bits per heavy atom. The predicted octanol–water partition coefficient (Wildman–Crippen LogP) is 6.43. The third kappa shape index (κ3) is 7.31. The molecule has 0 unspecified atom stereocenters. The summed E-state index contributed by atoms with van der Waals surface area (Å²) in [6, 6.07) is 16.1. The SMILES string of the molecule is C=Cc1ccc(COC2(OCc3ccc(C=C)cc3)CCCN(C(=O)OC(C)(C)C)C2)cc1. The molecule has 1 aliphatic heterocycles. The molecule has 176 valence electrons. The largest absolute Gasteiger partial charge is 0.444 e. The Morgan fingerprint density at radius 1 is 0.939 bits per heavy atom. The van der Waals surface area contributed by atoms with E-state index in [0.29, 0.717) is 32.7 Å². The van der Waals surface area contributed by atoms with E-state index in [-0.39, 0.29) is 6.09 Å². The molecule has 1 amide bonds. The molecule has 2 aromatic carbocycles. The zero-order chi connectivity index (χ0) is 23.9. The van der Waals surface area contributed by atoms with Gasteiger partial charge in [-0.3, -0.25) is 0 Å². The Bertz CT molecular complexity index is 886. The first-order valence-corrected chi connectivity index (χ1v) is 11.4. The van der Waals surface area contributed by atoms with E-state index < -0.39 is 11.4 Å². The monoisotopic (exact) mass is 449 g/mol. The second-order valence-electron chi connectivity index (χ2n) is 9.38. The average Bonchev–Trinajstić information content (AvgIpc) is 2.81. The van der Waals surface area contributed by atoms with Gasteiger partial charge < -0.3 is 19.1 Å². The highest BCUT2D eigenvalue weighted by Gasteiger charge is 2.40. The van der Waals surface area contributed by atoms with Crippen molar-refractivity contribution in [3.05, 3.63) is 83.9 Å². The Morgan fingerprint density at radius 3 is 1.85 bits per heavy atom. The normalized spacial score (nSPS) is 15.7. The van der Waals surface area contributed by atoms with E-state index in [9.17, 15) is 4.79 Å². The Labute approximate surface area is 197 Å². The van der Waals surface area contributed by atoms with Gasteiger partial charge in [-0.25, -0.2) is 4.79 Å². The van der Waals surface area contributed by atoms with Crippen LogP contribution < -0.4 is 0 Å². The van der Waals surface area contributed by atoms with Crippen LogP contribution in [0.25, 0.3) is 12.2 Å². The molecule has 0 atom stereocenters. The first-order chi connectivity index (χ1) is 15.7. The number of hydrogen-bond acceptors (Lipinski definition) is 4. The van der Waals surface area contributed by atoms with E-state index in [1.807, 2.05) is 81.5 Å². The predicted molar refractivity (Wildman–Crippen MR) is 132 cm³/mol. The van der Waals surface area contributed by atoms with Crippen LogP contribution in [0.4, 0.5) is 4.79 Å². The summed E-state index contributed by atoms with van der Waals surface area (Å²) < 4.78 is 18.4. The number of carbonyl (C=O) groups excluding carboxylic acids is 1. The molecule has 0 aliphatic carbocycles. The molecule has 3 rings (SSSR count). The molecular formula is C28H35NO4. The fourth-order valence-corrected chi connectivity index (χ4v) is 3.68. The first-order valence-electron chi connectivity index (χ1n) is 11.4. The van der Waals surface area contributed by atoms with Crippen LogP contribution in [0.3, 0.4) is 0 Å². The van der Waals surface area contributed by atoms with Crippen molar-refractivity contribution >= 4 is 18.2 Å². The molecule has 5 heteroatoms. The smallest absolute Gasteiger partial charge is 0.410 e. The molecule has 0 radical (unpaired) electrons. The summed E-state index contributed by atoms with van der Waals surface area (Å²) in [5, 5.41) is 0. The number of nitrogens with zero attached hydrogens (tertiary/aromatic N) is 1. The van der Waals surface area contributed by atoms with Gasteiger partial charge in [-0.1, -0.05) is 73.8 Å². The Hall–Kier alpha value is -2.89. The first kappa shape index (κ1) is 24.7. The van der Waals surface area contributed by atoms with Crippen molar-refractivity contribution < 1.29 is 19.0 Å². The minimum absolute atomic E-state index is 0.317. The van der Waals surface area contributed by atoms with Crippen molar-refractivity contribution in [3.63, 3.8) is 0 Å². The second kappa shape index (κ2) is 10.8. The zero-order valence-corrected chi connectivity index (χ0v) is 20.0. The van der Waals surface area contributed by atoms with Crippen molar-refractivity contribution in [1.82, 2.24) is 4.90 Å². The number of hydrogen-bond donors (Lipinski definition) is 0. The molecule has 0 aromatic heterocycles. The molecule has 1 saturated heterocycles. The summed E-state index contributed by atoms with van der Waals surface area (Å²) in [7, 11) is 0. The highest BCUT2D eigenvalue weighted by molar-refractivity contribution is 5.68. The van der Waals surface area contributed by atoms with Gasteiger partial charge >= 0.3 is 6.09 Å². The number of benzene rings is 2. The summed E-state index contributed by atoms with van der Waals surface area (Å²) in [6.45, 7) is 14.9. The summed E-state index contributed by atoms with van der Waals surface area (Å²) in [4.78, 5) is 14.5. The minimum atomic E-state index is -0.913. The summed E-state index contributed by atoms with van der Waals surface area (Å²) >= 11 is 0. The van der Waals surface area contributed by atoms with Gasteiger partial charge in [-0.05, 0) is 49.4 Å². The van der Waals surface area contributed by atoms with Gasteiger partial charge in [0, 0.05) is 13.0 Å². The number of rotatable bonds is 8. The quantitative estimate of drug-likeness (QED) is 0.436. The van der Waals surface area contributed by atoms with E-state index in [2.05, 4.69) is 13.2 Å². The standard InChI is InChI=1S/C28H35NO4/c1-6-22-9-13-24(14-10-22)19-31-28(32-20-25-15-11-23(7-2)12-16-25)17-8-18-29(21-28)26(30)33-27(3,4)5/h6-7,9-16H,1-2,8,17-21H2,3-5H3. The number of carbonyl (C=O) groups is 1. The molecule has 2 aromatic rings. The fraction of sp³-hybridized carbons (Fsp3) is 0.393. The van der Waals surface area contributed by atoms with Crippen LogP contribution in [0.5, 0.6) is 0 Å². The van der Waals surface area contributed by atoms with E-state index in [1.54, 1.807) is 4.90 Å². The van der Waals surface area contributed by atoms with Crippen LogP contribution in [0.1, 0.15) is 55.9 Å². The molecule has 1 fully saturated rings. The van der Waals surface area contributed by atoms with Crippen molar-refractivity contribution in [1.29, 1.82) is 0 Å². The topological polar surface area (TPSA) is 48.0 Å². The lowest BCUT2D eigenvalue weighted by Gasteiger charge is -2.42. The van der Waals surface area contributed by atoms with Crippen molar-refractivity contribution in [3.8, 4) is 0 Å². The number of likely N-dealkylation sites (tertiary alicyclic amines) is 1. The van der Waals surface area contributed by atoms with Crippen molar-refractivity contribution in [2.24, 2.45) is 0 Å². The van der Waals surface area contributed by atoms with Gasteiger partial charge in [0.1, 0.15) is 5.60 Å². The molecule has 0 N–H and O–H groups in total. The maximum Gasteiger partial charge on any atom is 0.410 e. The third-order valence-electron chi connectivity index (χ3n) is 5.50. The van der Waals surface area contributed by atoms with E-state index in [4.69, 9.17) is 14.2 Å². The lowest BCUT2D eigenvalue weighted by Crippen LogP contribution is -2.54. The fourth-order valence-electron chi connectivity index (χ4n) is 3.68. The molecule has 0 saturated carbocycles. The molecule has 5 nitrogen and oxygen atoms in total. The van der Waals surface area contributed by atoms with Gasteiger partial charge in [0.15, 0.2) is 5.79 Å². The van der Waals surface area contributed by atoms with Gasteiger partial charge in [0.25, 0.3) is 0 Å². The van der Waals surface area contributed by atoms with Crippen LogP contribution in [0.2, 0.25) is 0 Å². The van der Waals surface area contributed by atoms with Crippen molar-refractivity contribution in [2.45, 2.75) is 58.2 Å². The molecule has 1 heterocycles. The molecule has 0 spiro atoms. The van der Waals surface area contributed by atoms with Crippen LogP contribution in [0, 0.1) is 0 Å². The number of ether oxygens (including phenoxy) is 3. The second-order valence-corrected chi connectivity index (χ2v) is 9.38. The van der Waals surface area contributed by atoms with Gasteiger partial charge in [-0.15, -0.1) is 0 Å². The number of amides is 1. The molecule has 0 bridgehead atoms. The highest BCUT2D eigenvalue weighted by Crippen LogP contribution is 2.30. The van der Waals surface area contributed by atoms with E-state index >= 15 is 0 Å². The van der Waals surface area contributed by atoms with E-state index in [1.165, 1.54) is 0 Å². The molecular weight excluding hydrogens is 414 g/mol. The van der Waals surface area contributed by atoms with Crippen molar-refractivity contribution in [2.75, 3.05) is 13.1 Å².